The van der Waals surface area contributed by atoms with E-state index in [1.54, 1.807) is 21.3 Å². The van der Waals surface area contributed by atoms with E-state index in [-0.39, 0.29) is 5.91 Å². The number of rotatable bonds is 8. The van der Waals surface area contributed by atoms with Crippen LogP contribution < -0.4 is 19.5 Å². The van der Waals surface area contributed by atoms with Gasteiger partial charge in [0.05, 0.1) is 26.7 Å². The molecule has 0 bridgehead atoms. The van der Waals surface area contributed by atoms with Gasteiger partial charge in [-0.3, -0.25) is 4.79 Å². The predicted molar refractivity (Wildman–Crippen MR) is 131 cm³/mol. The highest BCUT2D eigenvalue weighted by molar-refractivity contribution is 6.02. The first-order valence-electron chi connectivity index (χ1n) is 11.1. The molecular weight excluding hydrogens is 446 g/mol. The zero-order valence-corrected chi connectivity index (χ0v) is 19.7. The number of methoxy groups -OCH3 is 3. The molecule has 1 amide bonds. The molecule has 1 fully saturated rings. The minimum atomic E-state index is -0.526. The second-order valence-electron chi connectivity index (χ2n) is 8.34. The third kappa shape index (κ3) is 4.16. The molecule has 3 aromatic carbocycles. The molecule has 9 nitrogen and oxygen atoms in total. The van der Waals surface area contributed by atoms with Gasteiger partial charge >= 0.3 is 0 Å². The van der Waals surface area contributed by atoms with E-state index in [1.165, 1.54) is 0 Å². The summed E-state index contributed by atoms with van der Waals surface area (Å²) in [6, 6.07) is 19.0. The number of hydrogen-bond donors (Lipinski definition) is 2. The maximum Gasteiger partial charge on any atom is 0.235 e. The van der Waals surface area contributed by atoms with Crippen molar-refractivity contribution in [2.24, 2.45) is 0 Å². The third-order valence-corrected chi connectivity index (χ3v) is 6.40. The molecule has 0 radical (unpaired) electrons. The summed E-state index contributed by atoms with van der Waals surface area (Å²) in [7, 11) is 4.82. The van der Waals surface area contributed by atoms with Gasteiger partial charge in [0, 0.05) is 11.3 Å². The van der Waals surface area contributed by atoms with E-state index in [9.17, 15) is 4.79 Å². The lowest BCUT2D eigenvalue weighted by molar-refractivity contribution is -0.118. The fourth-order valence-corrected chi connectivity index (χ4v) is 4.28. The molecular formula is C26H25N5O4. The topological polar surface area (TPSA) is 111 Å². The van der Waals surface area contributed by atoms with Crippen LogP contribution in [0.25, 0.3) is 22.5 Å². The molecule has 1 aromatic heterocycles. The molecule has 178 valence electrons. The van der Waals surface area contributed by atoms with Crippen molar-refractivity contribution in [1.82, 2.24) is 20.6 Å². The normalized spacial score (nSPS) is 13.7. The van der Waals surface area contributed by atoms with E-state index in [4.69, 9.17) is 14.2 Å². The quantitative estimate of drug-likeness (QED) is 0.396. The minimum Gasteiger partial charge on any atom is -0.497 e. The predicted octanol–water partition coefficient (Wildman–Crippen LogP) is 4.23. The van der Waals surface area contributed by atoms with Crippen molar-refractivity contribution in [3.05, 3.63) is 66.2 Å². The van der Waals surface area contributed by atoms with Crippen LogP contribution in [0.1, 0.15) is 18.4 Å². The van der Waals surface area contributed by atoms with Gasteiger partial charge in [0.15, 0.2) is 17.3 Å². The number of aromatic nitrogens is 4. The van der Waals surface area contributed by atoms with Crippen LogP contribution in [-0.4, -0.2) is 47.9 Å². The first-order chi connectivity index (χ1) is 17.1. The number of ether oxygens (including phenoxy) is 3. The summed E-state index contributed by atoms with van der Waals surface area (Å²) in [6.07, 6.45) is 1.60. The van der Waals surface area contributed by atoms with Gasteiger partial charge in [-0.2, -0.15) is 0 Å². The van der Waals surface area contributed by atoms with Crippen LogP contribution in [-0.2, 0) is 10.2 Å². The van der Waals surface area contributed by atoms with Crippen LogP contribution in [0.3, 0.4) is 0 Å². The fraction of sp³-hybridized carbons (Fsp3) is 0.231. The standard InChI is InChI=1S/C26H25N5O4/c1-33-19-8-5-17(6-9-19)26(12-13-26)25(32)27-18-7-10-20(21(15-18)24-28-30-31-29-24)16-4-11-22(34-2)23(14-16)35-3/h4-11,14-15H,12-13H2,1-3H3,(H,27,32)(H,28,29,30,31). The van der Waals surface area contributed by atoms with E-state index in [2.05, 4.69) is 25.9 Å². The Bertz CT molecular complexity index is 1350. The lowest BCUT2D eigenvalue weighted by atomic mass is 9.94. The van der Waals surface area contributed by atoms with Gasteiger partial charge in [-0.1, -0.05) is 24.3 Å². The van der Waals surface area contributed by atoms with Crippen molar-refractivity contribution in [3.8, 4) is 39.8 Å². The van der Waals surface area contributed by atoms with E-state index in [1.807, 2.05) is 60.7 Å². The van der Waals surface area contributed by atoms with Crippen LogP contribution in [0, 0.1) is 0 Å². The highest BCUT2D eigenvalue weighted by atomic mass is 16.5. The van der Waals surface area contributed by atoms with Gasteiger partial charge in [-0.05, 0) is 76.4 Å². The first kappa shape index (κ1) is 22.4. The number of benzene rings is 3. The van der Waals surface area contributed by atoms with Crippen molar-refractivity contribution in [2.75, 3.05) is 26.6 Å². The molecule has 35 heavy (non-hydrogen) atoms. The number of carbonyl (C=O) groups excluding carboxylic acids is 1. The highest BCUT2D eigenvalue weighted by Crippen LogP contribution is 2.49. The fourth-order valence-electron chi connectivity index (χ4n) is 4.28. The van der Waals surface area contributed by atoms with Gasteiger partial charge in [-0.15, -0.1) is 5.10 Å². The van der Waals surface area contributed by atoms with Crippen molar-refractivity contribution in [2.45, 2.75) is 18.3 Å². The van der Waals surface area contributed by atoms with Gasteiger partial charge in [0.25, 0.3) is 0 Å². The zero-order chi connectivity index (χ0) is 24.4. The van der Waals surface area contributed by atoms with E-state index >= 15 is 0 Å². The number of carbonyl (C=O) groups is 1. The number of amides is 1. The Labute approximate surface area is 202 Å². The maximum atomic E-state index is 13.3. The average molecular weight is 472 g/mol. The molecule has 0 atom stereocenters. The molecule has 4 aromatic rings. The van der Waals surface area contributed by atoms with Crippen LogP contribution in [0.15, 0.2) is 60.7 Å². The van der Waals surface area contributed by atoms with E-state index in [0.717, 1.165) is 40.8 Å². The van der Waals surface area contributed by atoms with Gasteiger partial charge in [0.2, 0.25) is 5.91 Å². The maximum absolute atomic E-state index is 13.3. The Morgan fingerprint density at radius 1 is 0.886 bits per heavy atom. The molecule has 0 unspecified atom stereocenters. The molecule has 1 aliphatic carbocycles. The van der Waals surface area contributed by atoms with Crippen molar-refractivity contribution in [1.29, 1.82) is 0 Å². The molecule has 5 rings (SSSR count). The summed E-state index contributed by atoms with van der Waals surface area (Å²) in [5.41, 5.74) is 3.63. The Morgan fingerprint density at radius 3 is 2.29 bits per heavy atom. The number of anilines is 1. The molecule has 1 saturated carbocycles. The van der Waals surface area contributed by atoms with Crippen LogP contribution in [0.4, 0.5) is 5.69 Å². The molecule has 2 N–H and O–H groups in total. The number of H-pyrrole nitrogens is 1. The van der Waals surface area contributed by atoms with Crippen molar-refractivity contribution in [3.63, 3.8) is 0 Å². The summed E-state index contributed by atoms with van der Waals surface area (Å²) in [5.74, 6) is 2.46. The highest BCUT2D eigenvalue weighted by Gasteiger charge is 2.51. The molecule has 9 heteroatoms. The van der Waals surface area contributed by atoms with E-state index in [0.29, 0.717) is 23.0 Å². The van der Waals surface area contributed by atoms with Crippen LogP contribution in [0.2, 0.25) is 0 Å². The van der Waals surface area contributed by atoms with E-state index < -0.39 is 5.41 Å². The number of aromatic amines is 1. The monoisotopic (exact) mass is 471 g/mol. The second-order valence-corrected chi connectivity index (χ2v) is 8.34. The lowest BCUT2D eigenvalue weighted by Crippen LogP contribution is -2.27. The SMILES string of the molecule is COc1ccc(C2(C(=O)Nc3ccc(-c4ccc(OC)c(OC)c4)c(-c4nnn[nH]4)c3)CC2)cc1. The molecule has 0 saturated heterocycles. The molecule has 1 heterocycles. The van der Waals surface area contributed by atoms with Gasteiger partial charge in [-0.25, -0.2) is 5.10 Å². The number of nitrogens with zero attached hydrogens (tertiary/aromatic N) is 3. The minimum absolute atomic E-state index is 0.0387. The largest absolute Gasteiger partial charge is 0.497 e. The van der Waals surface area contributed by atoms with Crippen molar-refractivity contribution < 1.29 is 19.0 Å². The van der Waals surface area contributed by atoms with Gasteiger partial charge in [0.1, 0.15) is 5.75 Å². The Hall–Kier alpha value is -4.40. The number of hydrogen-bond acceptors (Lipinski definition) is 7. The number of nitrogens with one attached hydrogen (secondary N) is 2. The first-order valence-corrected chi connectivity index (χ1v) is 11.1. The molecule has 1 aliphatic rings. The Morgan fingerprint density at radius 2 is 1.66 bits per heavy atom. The second kappa shape index (κ2) is 9.09. The Balaban J connectivity index is 1.47. The molecule has 0 aliphatic heterocycles. The summed E-state index contributed by atoms with van der Waals surface area (Å²) in [4.78, 5) is 13.3. The average Bonchev–Trinajstić information content (AvgIpc) is 3.54. The summed E-state index contributed by atoms with van der Waals surface area (Å²) >= 11 is 0. The summed E-state index contributed by atoms with van der Waals surface area (Å²) < 4.78 is 16.1. The molecule has 0 spiro atoms. The summed E-state index contributed by atoms with van der Waals surface area (Å²) in [6.45, 7) is 0. The third-order valence-electron chi connectivity index (χ3n) is 6.40. The van der Waals surface area contributed by atoms with Crippen molar-refractivity contribution >= 4 is 11.6 Å². The summed E-state index contributed by atoms with van der Waals surface area (Å²) in [5, 5.41) is 17.5. The zero-order valence-electron chi connectivity index (χ0n) is 19.7. The Kier molecular flexibility index (Phi) is 5.82. The lowest BCUT2D eigenvalue weighted by Gasteiger charge is -2.18. The van der Waals surface area contributed by atoms with Crippen LogP contribution in [0.5, 0.6) is 17.2 Å². The van der Waals surface area contributed by atoms with Gasteiger partial charge < -0.3 is 19.5 Å². The smallest absolute Gasteiger partial charge is 0.235 e. The number of tetrazole rings is 1. The van der Waals surface area contributed by atoms with Crippen LogP contribution >= 0.6 is 0 Å².